The normalized spacial score (nSPS) is 13.1. The van der Waals surface area contributed by atoms with Gasteiger partial charge in [-0.25, -0.2) is 0 Å². The van der Waals surface area contributed by atoms with Crippen molar-refractivity contribution in [1.82, 2.24) is 9.97 Å². The minimum Gasteiger partial charge on any atom is -0.383 e. The highest BCUT2D eigenvalue weighted by molar-refractivity contribution is 7.81. The number of nitrogens with zero attached hydrogens (tertiary/aromatic N) is 2. The Bertz CT molecular complexity index is 1110. The van der Waals surface area contributed by atoms with Crippen LogP contribution in [0.5, 0.6) is 0 Å². The molecule has 3 aromatic rings. The van der Waals surface area contributed by atoms with Crippen molar-refractivity contribution in [1.29, 1.82) is 0 Å². The zero-order chi connectivity index (χ0) is 19.7. The summed E-state index contributed by atoms with van der Waals surface area (Å²) in [7, 11) is 0. The summed E-state index contributed by atoms with van der Waals surface area (Å²) in [5, 5.41) is 3.46. The summed E-state index contributed by atoms with van der Waals surface area (Å²) in [5.41, 5.74) is 8.98. The van der Waals surface area contributed by atoms with Gasteiger partial charge in [0.2, 0.25) is 5.95 Å². The maximum atomic E-state index is 12.7. The van der Waals surface area contributed by atoms with E-state index < -0.39 is 0 Å². The van der Waals surface area contributed by atoms with Gasteiger partial charge in [0.25, 0.3) is 5.56 Å². The van der Waals surface area contributed by atoms with Gasteiger partial charge in [-0.15, -0.1) is 0 Å². The number of hydrogen-bond acceptors (Lipinski definition) is 5. The highest BCUT2D eigenvalue weighted by Crippen LogP contribution is 2.24. The highest BCUT2D eigenvalue weighted by atomic mass is 35.5. The topological polar surface area (TPSA) is 87.0 Å². The fourth-order valence-electron chi connectivity index (χ4n) is 3.27. The Kier molecular flexibility index (Phi) is 5.02. The quantitative estimate of drug-likeness (QED) is 0.573. The van der Waals surface area contributed by atoms with Crippen LogP contribution in [-0.2, 0) is 13.0 Å². The van der Waals surface area contributed by atoms with E-state index in [9.17, 15) is 4.79 Å². The lowest BCUT2D eigenvalue weighted by Crippen LogP contribution is -2.35. The molecule has 28 heavy (non-hydrogen) atoms. The Morgan fingerprint density at radius 3 is 2.64 bits per heavy atom. The molecule has 0 bridgehead atoms. The van der Waals surface area contributed by atoms with Gasteiger partial charge < -0.3 is 16.0 Å². The van der Waals surface area contributed by atoms with Crippen LogP contribution < -0.4 is 21.5 Å². The molecular weight excluding hydrogens is 394 g/mol. The van der Waals surface area contributed by atoms with E-state index in [1.165, 1.54) is 11.1 Å². The van der Waals surface area contributed by atoms with Gasteiger partial charge in [-0.1, -0.05) is 60.2 Å². The van der Waals surface area contributed by atoms with E-state index >= 15 is 0 Å². The molecule has 6 nitrogen and oxygen atoms in total. The molecule has 142 valence electrons. The van der Waals surface area contributed by atoms with Crippen LogP contribution in [0, 0.1) is 0 Å². The number of aromatic amines is 1. The average molecular weight is 412 g/mol. The number of H-pyrrole nitrogens is 1. The first-order valence-electron chi connectivity index (χ1n) is 8.80. The first-order chi connectivity index (χ1) is 13.5. The Morgan fingerprint density at radius 1 is 1.18 bits per heavy atom. The number of halogens is 1. The number of anilines is 3. The average Bonchev–Trinajstić information content (AvgIpc) is 2.69. The van der Waals surface area contributed by atoms with Crippen molar-refractivity contribution in [2.75, 3.05) is 22.5 Å². The van der Waals surface area contributed by atoms with Crippen LogP contribution in [-0.4, -0.2) is 21.5 Å². The van der Waals surface area contributed by atoms with Crippen LogP contribution in [0.15, 0.2) is 53.3 Å². The van der Waals surface area contributed by atoms with Gasteiger partial charge in [0.1, 0.15) is 16.4 Å². The van der Waals surface area contributed by atoms with E-state index in [1.807, 2.05) is 29.2 Å². The van der Waals surface area contributed by atoms with Crippen molar-refractivity contribution in [2.45, 2.75) is 13.0 Å². The molecule has 1 aromatic heterocycles. The molecule has 0 saturated carbocycles. The lowest BCUT2D eigenvalue weighted by atomic mass is 10.0. The molecule has 8 heteroatoms. The summed E-state index contributed by atoms with van der Waals surface area (Å²) >= 11 is 11.5. The number of nitrogen functional groups attached to an aromatic ring is 1. The second-order valence-electron chi connectivity index (χ2n) is 6.52. The molecule has 2 aromatic carbocycles. The molecule has 4 N–H and O–H groups in total. The molecule has 1 aliphatic rings. The maximum Gasteiger partial charge on any atom is 0.264 e. The largest absolute Gasteiger partial charge is 0.383 e. The van der Waals surface area contributed by atoms with Crippen LogP contribution in [0.1, 0.15) is 16.7 Å². The van der Waals surface area contributed by atoms with E-state index in [0.717, 1.165) is 13.0 Å². The summed E-state index contributed by atoms with van der Waals surface area (Å²) in [5.74, 6) is 0.531. The zero-order valence-corrected chi connectivity index (χ0v) is 16.5. The van der Waals surface area contributed by atoms with E-state index in [2.05, 4.69) is 27.4 Å². The summed E-state index contributed by atoms with van der Waals surface area (Å²) in [6, 6.07) is 15.4. The van der Waals surface area contributed by atoms with Gasteiger partial charge in [0.05, 0.1) is 10.7 Å². The monoisotopic (exact) mass is 411 g/mol. The van der Waals surface area contributed by atoms with Crippen molar-refractivity contribution >= 4 is 46.3 Å². The molecule has 4 rings (SSSR count). The van der Waals surface area contributed by atoms with Crippen LogP contribution in [0.3, 0.4) is 0 Å². The van der Waals surface area contributed by atoms with Gasteiger partial charge >= 0.3 is 0 Å². The lowest BCUT2D eigenvalue weighted by molar-refractivity contribution is 0.706. The predicted octanol–water partition coefficient (Wildman–Crippen LogP) is 3.36. The molecule has 0 unspecified atom stereocenters. The summed E-state index contributed by atoms with van der Waals surface area (Å²) in [4.78, 5) is 22.1. The van der Waals surface area contributed by atoms with E-state index in [0.29, 0.717) is 23.2 Å². The molecule has 0 fully saturated rings. The van der Waals surface area contributed by atoms with Crippen molar-refractivity contribution in [2.24, 2.45) is 0 Å². The fourth-order valence-corrected chi connectivity index (χ4v) is 3.76. The minimum atomic E-state index is -0.383. The molecule has 0 atom stereocenters. The lowest BCUT2D eigenvalue weighted by Gasteiger charge is -2.29. The van der Waals surface area contributed by atoms with E-state index in [4.69, 9.17) is 29.6 Å². The number of benzene rings is 2. The smallest absolute Gasteiger partial charge is 0.264 e. The van der Waals surface area contributed by atoms with Gasteiger partial charge in [0, 0.05) is 13.1 Å². The SMILES string of the molecule is Nc1nc(N2CCc3ccccc3C2)[nH]c(=O)c1C(=S)Nc1ccccc1Cl. The third-order valence-corrected chi connectivity index (χ3v) is 5.35. The van der Waals surface area contributed by atoms with Gasteiger partial charge in [-0.2, -0.15) is 4.98 Å². The molecule has 0 aliphatic carbocycles. The Labute approximate surface area is 172 Å². The van der Waals surface area contributed by atoms with Crippen LogP contribution in [0.2, 0.25) is 5.02 Å². The van der Waals surface area contributed by atoms with Crippen molar-refractivity contribution in [3.63, 3.8) is 0 Å². The Morgan fingerprint density at radius 2 is 1.89 bits per heavy atom. The molecular formula is C20H18ClN5OS. The molecule has 0 saturated heterocycles. The number of aromatic nitrogens is 2. The van der Waals surface area contributed by atoms with E-state index in [1.54, 1.807) is 12.1 Å². The van der Waals surface area contributed by atoms with Crippen LogP contribution >= 0.6 is 23.8 Å². The summed E-state index contributed by atoms with van der Waals surface area (Å²) in [6.45, 7) is 1.42. The molecule has 0 radical (unpaired) electrons. The Balaban J connectivity index is 1.60. The third kappa shape index (κ3) is 3.58. The number of nitrogens with one attached hydrogen (secondary N) is 2. The van der Waals surface area contributed by atoms with Gasteiger partial charge in [-0.05, 0) is 29.7 Å². The number of rotatable bonds is 3. The number of hydrogen-bond donors (Lipinski definition) is 3. The second kappa shape index (κ2) is 7.61. The number of nitrogens with two attached hydrogens (primary N) is 1. The van der Waals surface area contributed by atoms with Crippen LogP contribution in [0.4, 0.5) is 17.5 Å². The molecule has 1 aliphatic heterocycles. The molecule has 2 heterocycles. The van der Waals surface area contributed by atoms with Gasteiger partial charge in [0.15, 0.2) is 0 Å². The van der Waals surface area contributed by atoms with Crippen LogP contribution in [0.25, 0.3) is 0 Å². The summed E-state index contributed by atoms with van der Waals surface area (Å²) in [6.07, 6.45) is 0.883. The maximum absolute atomic E-state index is 12.7. The van der Waals surface area contributed by atoms with E-state index in [-0.39, 0.29) is 21.9 Å². The molecule has 0 spiro atoms. The number of fused-ring (bicyclic) bond motifs is 1. The fraction of sp³-hybridized carbons (Fsp3) is 0.150. The summed E-state index contributed by atoms with van der Waals surface area (Å²) < 4.78 is 0. The minimum absolute atomic E-state index is 0.0853. The standard InChI is InChI=1S/C20H18ClN5OS/c21-14-7-3-4-8-15(14)23-19(28)16-17(22)24-20(25-18(16)27)26-10-9-12-5-1-2-6-13(12)11-26/h1-8H,9-11H2,(H,23,28)(H3,22,24,25,27). The van der Waals surface area contributed by atoms with Crippen molar-refractivity contribution < 1.29 is 0 Å². The second-order valence-corrected chi connectivity index (χ2v) is 7.34. The molecule has 0 amide bonds. The van der Waals surface area contributed by atoms with Crippen molar-refractivity contribution in [3.8, 4) is 0 Å². The van der Waals surface area contributed by atoms with Gasteiger partial charge in [-0.3, -0.25) is 9.78 Å². The first kappa shape index (κ1) is 18.5. The third-order valence-electron chi connectivity index (χ3n) is 4.71. The Hall–Kier alpha value is -2.90. The highest BCUT2D eigenvalue weighted by Gasteiger charge is 2.21. The van der Waals surface area contributed by atoms with Crippen molar-refractivity contribution in [3.05, 3.63) is 80.6 Å². The number of thiocarbonyl (C=S) groups is 1. The zero-order valence-electron chi connectivity index (χ0n) is 14.9. The first-order valence-corrected chi connectivity index (χ1v) is 9.59. The predicted molar refractivity (Wildman–Crippen MR) is 117 cm³/mol. The number of para-hydroxylation sites is 1.